The summed E-state index contributed by atoms with van der Waals surface area (Å²) in [5.41, 5.74) is 0. The van der Waals surface area contributed by atoms with Crippen molar-refractivity contribution in [3.8, 4) is 0 Å². The molecule has 15 heavy (non-hydrogen) atoms. The normalized spacial score (nSPS) is 21.7. The third kappa shape index (κ3) is 2.12. The summed E-state index contributed by atoms with van der Waals surface area (Å²) in [6.45, 7) is 1.39. The molecule has 0 saturated carbocycles. The SMILES string of the molecule is Cn1cnnc1C1CCCN(C(=O)Cl)C1. The van der Waals surface area contributed by atoms with Crippen LogP contribution >= 0.6 is 11.6 Å². The molecule has 0 aromatic carbocycles. The summed E-state index contributed by atoms with van der Waals surface area (Å²) < 4.78 is 1.90. The van der Waals surface area contributed by atoms with Crippen LogP contribution in [0.1, 0.15) is 24.6 Å². The van der Waals surface area contributed by atoms with Gasteiger partial charge in [-0.1, -0.05) is 0 Å². The van der Waals surface area contributed by atoms with Gasteiger partial charge in [0.05, 0.1) is 0 Å². The minimum atomic E-state index is -0.373. The van der Waals surface area contributed by atoms with E-state index in [2.05, 4.69) is 10.2 Å². The lowest BCUT2D eigenvalue weighted by Gasteiger charge is -2.30. The maximum absolute atomic E-state index is 11.0. The van der Waals surface area contributed by atoms with Crippen molar-refractivity contribution in [3.05, 3.63) is 12.2 Å². The lowest BCUT2D eigenvalue weighted by molar-refractivity contribution is 0.200. The Kier molecular flexibility index (Phi) is 2.90. The highest BCUT2D eigenvalue weighted by Crippen LogP contribution is 2.25. The van der Waals surface area contributed by atoms with Crippen molar-refractivity contribution in [2.24, 2.45) is 7.05 Å². The second kappa shape index (κ2) is 4.18. The summed E-state index contributed by atoms with van der Waals surface area (Å²) in [5.74, 6) is 1.19. The Balaban J connectivity index is 2.11. The van der Waals surface area contributed by atoms with Gasteiger partial charge >= 0.3 is 5.37 Å². The van der Waals surface area contributed by atoms with Gasteiger partial charge in [0.25, 0.3) is 0 Å². The van der Waals surface area contributed by atoms with E-state index in [4.69, 9.17) is 11.6 Å². The van der Waals surface area contributed by atoms with E-state index in [-0.39, 0.29) is 11.3 Å². The molecule has 82 valence electrons. The van der Waals surface area contributed by atoms with Gasteiger partial charge in [-0.15, -0.1) is 10.2 Å². The van der Waals surface area contributed by atoms with Crippen LogP contribution in [0.3, 0.4) is 0 Å². The van der Waals surface area contributed by atoms with Crippen LogP contribution < -0.4 is 0 Å². The van der Waals surface area contributed by atoms with Gasteiger partial charge < -0.3 is 9.47 Å². The standard InChI is InChI=1S/C9H13ClN4O/c1-13-6-11-12-8(13)7-3-2-4-14(5-7)9(10)15/h6-7H,2-5H2,1H3. The lowest BCUT2D eigenvalue weighted by Crippen LogP contribution is -2.36. The first-order valence-corrected chi connectivity index (χ1v) is 5.34. The zero-order valence-electron chi connectivity index (χ0n) is 8.56. The largest absolute Gasteiger partial charge is 0.328 e. The Morgan fingerprint density at radius 1 is 1.67 bits per heavy atom. The molecule has 1 aliphatic heterocycles. The number of halogens is 1. The minimum absolute atomic E-state index is 0.258. The van der Waals surface area contributed by atoms with E-state index in [1.165, 1.54) is 0 Å². The molecule has 1 fully saturated rings. The number of hydrogen-bond donors (Lipinski definition) is 0. The molecule has 1 aliphatic rings. The van der Waals surface area contributed by atoms with Crippen molar-refractivity contribution in [2.75, 3.05) is 13.1 Å². The van der Waals surface area contributed by atoms with Gasteiger partial charge in [0.2, 0.25) is 0 Å². The molecule has 1 amide bonds. The molecular formula is C9H13ClN4O. The number of carbonyl (C=O) groups is 1. The molecule has 0 radical (unpaired) electrons. The van der Waals surface area contributed by atoms with E-state index in [1.807, 2.05) is 11.6 Å². The predicted molar refractivity (Wildman–Crippen MR) is 55.8 cm³/mol. The first-order valence-electron chi connectivity index (χ1n) is 4.97. The molecule has 2 rings (SSSR count). The highest BCUT2D eigenvalue weighted by Gasteiger charge is 2.26. The summed E-state index contributed by atoms with van der Waals surface area (Å²) in [4.78, 5) is 12.7. The number of nitrogens with zero attached hydrogens (tertiary/aromatic N) is 4. The van der Waals surface area contributed by atoms with Crippen LogP contribution in [-0.4, -0.2) is 38.1 Å². The first-order chi connectivity index (χ1) is 7.18. The van der Waals surface area contributed by atoms with Crippen molar-refractivity contribution >= 4 is 17.0 Å². The topological polar surface area (TPSA) is 51.0 Å². The van der Waals surface area contributed by atoms with Crippen LogP contribution in [0.4, 0.5) is 4.79 Å². The number of hydrogen-bond acceptors (Lipinski definition) is 3. The molecule has 1 aromatic rings. The van der Waals surface area contributed by atoms with Gasteiger partial charge in [-0.3, -0.25) is 4.79 Å². The average molecular weight is 229 g/mol. The Morgan fingerprint density at radius 2 is 2.47 bits per heavy atom. The maximum Gasteiger partial charge on any atom is 0.316 e. The van der Waals surface area contributed by atoms with Gasteiger partial charge in [0.15, 0.2) is 0 Å². The summed E-state index contributed by atoms with van der Waals surface area (Å²) in [7, 11) is 1.91. The number of carbonyl (C=O) groups excluding carboxylic acids is 1. The monoisotopic (exact) mass is 228 g/mol. The summed E-state index contributed by atoms with van der Waals surface area (Å²) in [5, 5.41) is 7.54. The summed E-state index contributed by atoms with van der Waals surface area (Å²) in [6.07, 6.45) is 3.68. The van der Waals surface area contributed by atoms with Gasteiger partial charge in [0.1, 0.15) is 12.2 Å². The molecule has 1 atom stereocenters. The number of aryl methyl sites for hydroxylation is 1. The van der Waals surface area contributed by atoms with Gasteiger partial charge in [-0.05, 0) is 24.4 Å². The van der Waals surface area contributed by atoms with Crippen molar-refractivity contribution in [3.63, 3.8) is 0 Å². The van der Waals surface area contributed by atoms with E-state index in [9.17, 15) is 4.79 Å². The van der Waals surface area contributed by atoms with Crippen molar-refractivity contribution in [2.45, 2.75) is 18.8 Å². The van der Waals surface area contributed by atoms with E-state index < -0.39 is 0 Å². The fourth-order valence-electron chi connectivity index (χ4n) is 2.01. The molecule has 1 unspecified atom stereocenters. The Morgan fingerprint density at radius 3 is 3.07 bits per heavy atom. The number of likely N-dealkylation sites (tertiary alicyclic amines) is 1. The zero-order valence-corrected chi connectivity index (χ0v) is 9.31. The molecule has 0 spiro atoms. The molecule has 6 heteroatoms. The second-order valence-corrected chi connectivity index (χ2v) is 4.16. The number of rotatable bonds is 1. The molecule has 0 N–H and O–H groups in total. The Hall–Kier alpha value is -1.10. The molecule has 1 aromatic heterocycles. The maximum atomic E-state index is 11.0. The van der Waals surface area contributed by atoms with Crippen LogP contribution in [0.2, 0.25) is 0 Å². The number of piperidine rings is 1. The third-order valence-electron chi connectivity index (χ3n) is 2.78. The van der Waals surface area contributed by atoms with Crippen LogP contribution in [0, 0.1) is 0 Å². The van der Waals surface area contributed by atoms with Crippen LogP contribution in [-0.2, 0) is 7.05 Å². The smallest absolute Gasteiger partial charge is 0.316 e. The predicted octanol–water partition coefficient (Wildman–Crippen LogP) is 1.35. The average Bonchev–Trinajstić information content (AvgIpc) is 2.64. The molecule has 2 heterocycles. The van der Waals surface area contributed by atoms with E-state index in [0.717, 1.165) is 25.2 Å². The number of amides is 1. The van der Waals surface area contributed by atoms with Gasteiger partial charge in [-0.2, -0.15) is 0 Å². The molecule has 5 nitrogen and oxygen atoms in total. The van der Waals surface area contributed by atoms with E-state index in [0.29, 0.717) is 6.54 Å². The van der Waals surface area contributed by atoms with E-state index >= 15 is 0 Å². The molecule has 1 saturated heterocycles. The summed E-state index contributed by atoms with van der Waals surface area (Å²) in [6, 6.07) is 0. The Labute approximate surface area is 93.0 Å². The lowest BCUT2D eigenvalue weighted by atomic mass is 9.98. The highest BCUT2D eigenvalue weighted by molar-refractivity contribution is 6.62. The summed E-state index contributed by atoms with van der Waals surface area (Å²) >= 11 is 5.47. The quantitative estimate of drug-likeness (QED) is 0.539. The fourth-order valence-corrected chi connectivity index (χ4v) is 2.16. The Bertz CT molecular complexity index is 365. The highest BCUT2D eigenvalue weighted by atomic mass is 35.5. The first kappa shape index (κ1) is 10.4. The van der Waals surface area contributed by atoms with Crippen LogP contribution in [0.5, 0.6) is 0 Å². The molecule has 0 aliphatic carbocycles. The third-order valence-corrected chi connectivity index (χ3v) is 3.02. The van der Waals surface area contributed by atoms with E-state index in [1.54, 1.807) is 11.2 Å². The van der Waals surface area contributed by atoms with Crippen molar-refractivity contribution in [1.29, 1.82) is 0 Å². The van der Waals surface area contributed by atoms with Crippen molar-refractivity contribution < 1.29 is 4.79 Å². The van der Waals surface area contributed by atoms with Crippen LogP contribution in [0.25, 0.3) is 0 Å². The minimum Gasteiger partial charge on any atom is -0.328 e. The van der Waals surface area contributed by atoms with Crippen LogP contribution in [0.15, 0.2) is 6.33 Å². The zero-order chi connectivity index (χ0) is 10.8. The number of aromatic nitrogens is 3. The van der Waals surface area contributed by atoms with Gasteiger partial charge in [0, 0.05) is 26.1 Å². The van der Waals surface area contributed by atoms with Gasteiger partial charge in [-0.25, -0.2) is 0 Å². The molecular weight excluding hydrogens is 216 g/mol. The molecule has 0 bridgehead atoms. The second-order valence-electron chi connectivity index (χ2n) is 3.84. The fraction of sp³-hybridized carbons (Fsp3) is 0.667. The van der Waals surface area contributed by atoms with Crippen molar-refractivity contribution in [1.82, 2.24) is 19.7 Å².